The van der Waals surface area contributed by atoms with E-state index in [9.17, 15) is 4.79 Å². The van der Waals surface area contributed by atoms with E-state index >= 15 is 0 Å². The van der Waals surface area contributed by atoms with Gasteiger partial charge >= 0.3 is 0 Å². The summed E-state index contributed by atoms with van der Waals surface area (Å²) in [5.74, 6) is 0.106. The Kier molecular flexibility index (Phi) is 2.87. The molecule has 2 N–H and O–H groups in total. The van der Waals surface area contributed by atoms with Crippen LogP contribution >= 0.6 is 15.9 Å². The smallest absolute Gasteiger partial charge is 0.163 e. The zero-order valence-corrected chi connectivity index (χ0v) is 8.39. The Morgan fingerprint density at radius 3 is 2.83 bits per heavy atom. The molecule has 0 saturated heterocycles. The molecule has 64 valence electrons. The molecule has 3 heteroatoms. The molecule has 1 aromatic carbocycles. The molecule has 0 fully saturated rings. The highest BCUT2D eigenvalue weighted by Crippen LogP contribution is 2.24. The average molecular weight is 228 g/mol. The first-order chi connectivity index (χ1) is 5.66. The van der Waals surface area contributed by atoms with Crippen LogP contribution in [0, 0.1) is 0 Å². The predicted molar refractivity (Wildman–Crippen MR) is 53.2 cm³/mol. The molecule has 0 spiro atoms. The predicted octanol–water partition coefficient (Wildman–Crippen LogP) is 2.62. The second-order valence-corrected chi connectivity index (χ2v) is 3.28. The molecular weight excluding hydrogens is 218 g/mol. The van der Waals surface area contributed by atoms with Crippen LogP contribution in [0.3, 0.4) is 0 Å². The summed E-state index contributed by atoms with van der Waals surface area (Å²) < 4.78 is 0.705. The Morgan fingerprint density at radius 2 is 2.25 bits per heavy atom. The lowest BCUT2D eigenvalue weighted by atomic mass is 10.1. The molecule has 12 heavy (non-hydrogen) atoms. The van der Waals surface area contributed by atoms with Gasteiger partial charge in [0.05, 0.1) is 4.47 Å². The third kappa shape index (κ3) is 1.67. The number of nitrogens with two attached hydrogens (primary N) is 1. The topological polar surface area (TPSA) is 43.1 Å². The maximum absolute atomic E-state index is 11.3. The maximum atomic E-state index is 11.3. The van der Waals surface area contributed by atoms with Crippen LogP contribution in [0.15, 0.2) is 22.7 Å². The van der Waals surface area contributed by atoms with Crippen molar-refractivity contribution in [3.63, 3.8) is 0 Å². The van der Waals surface area contributed by atoms with Crippen molar-refractivity contribution in [2.45, 2.75) is 13.3 Å². The molecule has 0 aliphatic rings. The molecule has 0 atom stereocenters. The van der Waals surface area contributed by atoms with E-state index in [1.807, 2.05) is 6.92 Å². The van der Waals surface area contributed by atoms with Gasteiger partial charge in [0.15, 0.2) is 5.78 Å². The van der Waals surface area contributed by atoms with Crippen molar-refractivity contribution in [1.82, 2.24) is 0 Å². The third-order valence-corrected chi connectivity index (χ3v) is 2.54. The number of rotatable bonds is 2. The number of benzene rings is 1. The number of hydrogen-bond donors (Lipinski definition) is 1. The molecule has 0 saturated carbocycles. The average Bonchev–Trinajstić information content (AvgIpc) is 2.08. The van der Waals surface area contributed by atoms with Crippen molar-refractivity contribution in [3.8, 4) is 0 Å². The van der Waals surface area contributed by atoms with Crippen molar-refractivity contribution in [2.75, 3.05) is 5.73 Å². The van der Waals surface area contributed by atoms with Gasteiger partial charge in [-0.25, -0.2) is 0 Å². The zero-order valence-electron chi connectivity index (χ0n) is 6.80. The largest absolute Gasteiger partial charge is 0.398 e. The van der Waals surface area contributed by atoms with Crippen LogP contribution in [-0.4, -0.2) is 5.78 Å². The van der Waals surface area contributed by atoms with E-state index in [1.165, 1.54) is 0 Å². The van der Waals surface area contributed by atoms with Crippen molar-refractivity contribution in [2.24, 2.45) is 0 Å². The number of halogens is 1. The van der Waals surface area contributed by atoms with Crippen molar-refractivity contribution in [3.05, 3.63) is 28.2 Å². The SMILES string of the molecule is CCC(=O)c1cccc(N)c1Br. The Bertz CT molecular complexity index is 309. The Labute approximate surface area is 79.9 Å². The van der Waals surface area contributed by atoms with Crippen LogP contribution in [-0.2, 0) is 0 Å². The first-order valence-electron chi connectivity index (χ1n) is 3.74. The van der Waals surface area contributed by atoms with Gasteiger partial charge in [-0.15, -0.1) is 0 Å². The van der Waals surface area contributed by atoms with Crippen LogP contribution in [0.25, 0.3) is 0 Å². The normalized spacial score (nSPS) is 9.83. The van der Waals surface area contributed by atoms with Crippen molar-refractivity contribution in [1.29, 1.82) is 0 Å². The summed E-state index contributed by atoms with van der Waals surface area (Å²) in [5.41, 5.74) is 6.88. The van der Waals surface area contributed by atoms with Gasteiger partial charge in [0.25, 0.3) is 0 Å². The molecular formula is C9H10BrNO. The fourth-order valence-electron chi connectivity index (χ4n) is 0.956. The molecule has 1 rings (SSSR count). The van der Waals surface area contributed by atoms with Gasteiger partial charge in [-0.1, -0.05) is 19.1 Å². The van der Waals surface area contributed by atoms with E-state index in [0.717, 1.165) is 0 Å². The minimum absolute atomic E-state index is 0.106. The number of nitrogen functional groups attached to an aromatic ring is 1. The second-order valence-electron chi connectivity index (χ2n) is 2.49. The fraction of sp³-hybridized carbons (Fsp3) is 0.222. The van der Waals surface area contributed by atoms with Crippen molar-refractivity contribution >= 4 is 27.4 Å². The molecule has 0 heterocycles. The summed E-state index contributed by atoms with van der Waals surface area (Å²) in [5, 5.41) is 0. The molecule has 0 unspecified atom stereocenters. The lowest BCUT2D eigenvalue weighted by Gasteiger charge is -2.03. The number of anilines is 1. The molecule has 0 amide bonds. The summed E-state index contributed by atoms with van der Waals surface area (Å²) >= 11 is 3.28. The number of carbonyl (C=O) groups excluding carboxylic acids is 1. The van der Waals surface area contributed by atoms with Crippen LogP contribution in [0.5, 0.6) is 0 Å². The molecule has 0 bridgehead atoms. The van der Waals surface area contributed by atoms with Crippen LogP contribution in [0.1, 0.15) is 23.7 Å². The minimum atomic E-state index is 0.106. The standard InChI is InChI=1S/C9H10BrNO/c1-2-8(12)6-4-3-5-7(11)9(6)10/h3-5H,2,11H2,1H3. The molecule has 1 aromatic rings. The van der Waals surface area contributed by atoms with E-state index < -0.39 is 0 Å². The Balaban J connectivity index is 3.16. The van der Waals surface area contributed by atoms with E-state index in [1.54, 1.807) is 18.2 Å². The molecule has 0 radical (unpaired) electrons. The number of hydrogen-bond acceptors (Lipinski definition) is 2. The molecule has 0 aliphatic carbocycles. The van der Waals surface area contributed by atoms with Gasteiger partial charge in [-0.05, 0) is 22.0 Å². The van der Waals surface area contributed by atoms with Gasteiger partial charge < -0.3 is 5.73 Å². The highest BCUT2D eigenvalue weighted by molar-refractivity contribution is 9.10. The van der Waals surface area contributed by atoms with E-state index in [2.05, 4.69) is 15.9 Å². The van der Waals surface area contributed by atoms with Crippen LogP contribution in [0.2, 0.25) is 0 Å². The molecule has 0 aromatic heterocycles. The first-order valence-corrected chi connectivity index (χ1v) is 4.53. The van der Waals surface area contributed by atoms with E-state index in [-0.39, 0.29) is 5.78 Å². The Hall–Kier alpha value is -0.830. The number of ketones is 1. The summed E-state index contributed by atoms with van der Waals surface area (Å²) in [6, 6.07) is 5.31. The fourth-order valence-corrected chi connectivity index (χ4v) is 1.44. The van der Waals surface area contributed by atoms with E-state index in [0.29, 0.717) is 22.1 Å². The maximum Gasteiger partial charge on any atom is 0.163 e. The highest BCUT2D eigenvalue weighted by atomic mass is 79.9. The van der Waals surface area contributed by atoms with E-state index in [4.69, 9.17) is 5.73 Å². The summed E-state index contributed by atoms with van der Waals surface area (Å²) in [6.07, 6.45) is 0.502. The quantitative estimate of drug-likeness (QED) is 0.624. The Morgan fingerprint density at radius 1 is 1.58 bits per heavy atom. The highest BCUT2D eigenvalue weighted by Gasteiger charge is 2.08. The lowest BCUT2D eigenvalue weighted by Crippen LogP contribution is -1.99. The summed E-state index contributed by atoms with van der Waals surface area (Å²) in [4.78, 5) is 11.3. The number of Topliss-reactive ketones (excluding diaryl/α,β-unsaturated/α-hetero) is 1. The van der Waals surface area contributed by atoms with Crippen LogP contribution in [0.4, 0.5) is 5.69 Å². The van der Waals surface area contributed by atoms with Crippen LogP contribution < -0.4 is 5.73 Å². The van der Waals surface area contributed by atoms with Gasteiger partial charge in [0.1, 0.15) is 0 Å². The second kappa shape index (κ2) is 3.72. The molecule has 2 nitrogen and oxygen atoms in total. The summed E-state index contributed by atoms with van der Waals surface area (Å²) in [6.45, 7) is 1.83. The van der Waals surface area contributed by atoms with Gasteiger partial charge in [-0.2, -0.15) is 0 Å². The summed E-state index contributed by atoms with van der Waals surface area (Å²) in [7, 11) is 0. The zero-order chi connectivity index (χ0) is 9.14. The lowest BCUT2D eigenvalue weighted by molar-refractivity contribution is 0.0987. The van der Waals surface area contributed by atoms with Gasteiger partial charge in [0.2, 0.25) is 0 Å². The monoisotopic (exact) mass is 227 g/mol. The first kappa shape index (κ1) is 9.26. The molecule has 0 aliphatic heterocycles. The third-order valence-electron chi connectivity index (χ3n) is 1.65. The van der Waals surface area contributed by atoms with Crippen molar-refractivity contribution < 1.29 is 4.79 Å². The van der Waals surface area contributed by atoms with Gasteiger partial charge in [-0.3, -0.25) is 4.79 Å². The minimum Gasteiger partial charge on any atom is -0.398 e. The number of carbonyl (C=O) groups is 1. The van der Waals surface area contributed by atoms with Gasteiger partial charge in [0, 0.05) is 17.7 Å².